The molecule has 1 saturated heterocycles. The van der Waals surface area contributed by atoms with E-state index in [1.807, 2.05) is 24.3 Å². The zero-order valence-electron chi connectivity index (χ0n) is 16.3. The van der Waals surface area contributed by atoms with E-state index in [9.17, 15) is 9.59 Å². The number of nitrogens with zero attached hydrogens (tertiary/aromatic N) is 2. The van der Waals surface area contributed by atoms with Gasteiger partial charge in [-0.2, -0.15) is 10.1 Å². The highest BCUT2D eigenvalue weighted by atomic mass is 16.2. The Kier molecular flexibility index (Phi) is 3.12. The minimum atomic E-state index is -0.210. The first-order valence-corrected chi connectivity index (χ1v) is 10.7. The molecule has 8 rings (SSSR count). The van der Waals surface area contributed by atoms with E-state index in [1.54, 1.807) is 6.21 Å². The highest BCUT2D eigenvalue weighted by molar-refractivity contribution is 6.14. The molecule has 6 atom stereocenters. The van der Waals surface area contributed by atoms with Gasteiger partial charge in [-0.05, 0) is 57.7 Å². The van der Waals surface area contributed by atoms with Crippen LogP contribution in [-0.4, -0.2) is 23.0 Å². The molecule has 2 saturated carbocycles. The number of hydrogen-bond donors (Lipinski definition) is 0. The minimum Gasteiger partial charge on any atom is -0.272 e. The van der Waals surface area contributed by atoms with Crippen LogP contribution in [0.4, 0.5) is 0 Å². The van der Waals surface area contributed by atoms with E-state index in [0.717, 1.165) is 27.1 Å². The van der Waals surface area contributed by atoms with Crippen molar-refractivity contribution >= 4 is 39.6 Å². The first kappa shape index (κ1) is 16.5. The van der Waals surface area contributed by atoms with E-state index in [2.05, 4.69) is 47.6 Å². The fourth-order valence-corrected chi connectivity index (χ4v) is 6.36. The molecule has 2 bridgehead atoms. The Balaban J connectivity index is 1.33. The number of carbonyl (C=O) groups is 2. The van der Waals surface area contributed by atoms with Crippen LogP contribution in [-0.2, 0) is 9.59 Å². The molecule has 2 amide bonds. The summed E-state index contributed by atoms with van der Waals surface area (Å²) in [5.74, 6) is 0.995. The quantitative estimate of drug-likeness (QED) is 0.281. The summed E-state index contributed by atoms with van der Waals surface area (Å²) in [5.41, 5.74) is 0.947. The van der Waals surface area contributed by atoms with Gasteiger partial charge in [0.1, 0.15) is 0 Å². The number of hydrogen-bond acceptors (Lipinski definition) is 3. The van der Waals surface area contributed by atoms with Gasteiger partial charge in [0.15, 0.2) is 0 Å². The summed E-state index contributed by atoms with van der Waals surface area (Å²) in [6, 6.07) is 18.5. The van der Waals surface area contributed by atoms with Crippen molar-refractivity contribution in [1.82, 2.24) is 5.01 Å². The standard InChI is InChI=1S/C26H20N2O2/c29-25-23-18-9-10-19(21-12-20(18)21)24(23)26(30)28(25)27-13-22-16-7-3-1-5-14(16)11-15-6-2-4-8-17(15)22/h1-11,13,18-21,23-24H,12H2/t18-,19-,20-,21+,23-,24+/m0/s1. The second-order valence-corrected chi connectivity index (χ2v) is 9.12. The van der Waals surface area contributed by atoms with Gasteiger partial charge in [-0.25, -0.2) is 0 Å². The van der Waals surface area contributed by atoms with Gasteiger partial charge in [0.25, 0.3) is 11.8 Å². The number of carbonyl (C=O) groups excluding carboxylic acids is 2. The maximum absolute atomic E-state index is 13.2. The molecule has 1 heterocycles. The van der Waals surface area contributed by atoms with Crippen molar-refractivity contribution in [3.63, 3.8) is 0 Å². The zero-order chi connectivity index (χ0) is 20.0. The van der Waals surface area contributed by atoms with Crippen LogP contribution < -0.4 is 0 Å². The topological polar surface area (TPSA) is 49.7 Å². The van der Waals surface area contributed by atoms with Crippen molar-refractivity contribution in [1.29, 1.82) is 0 Å². The van der Waals surface area contributed by atoms with E-state index in [-0.39, 0.29) is 35.5 Å². The molecule has 146 valence electrons. The lowest BCUT2D eigenvalue weighted by Crippen LogP contribution is -2.40. The molecule has 3 aromatic rings. The Hall–Kier alpha value is -3.27. The molecule has 0 N–H and O–H groups in total. The van der Waals surface area contributed by atoms with Gasteiger partial charge in [0.05, 0.1) is 18.1 Å². The van der Waals surface area contributed by atoms with Crippen LogP contribution in [0.15, 0.2) is 71.9 Å². The van der Waals surface area contributed by atoms with E-state index < -0.39 is 0 Å². The second-order valence-electron chi connectivity index (χ2n) is 9.12. The summed E-state index contributed by atoms with van der Waals surface area (Å²) in [5, 5.41) is 10.0. The van der Waals surface area contributed by atoms with Crippen molar-refractivity contribution in [2.24, 2.45) is 40.6 Å². The predicted molar refractivity (Wildman–Crippen MR) is 116 cm³/mol. The Morgan fingerprint density at radius 2 is 1.33 bits per heavy atom. The van der Waals surface area contributed by atoms with Gasteiger partial charge in [-0.15, -0.1) is 0 Å². The largest absolute Gasteiger partial charge is 0.272 e. The van der Waals surface area contributed by atoms with Crippen LogP contribution in [0.25, 0.3) is 21.5 Å². The van der Waals surface area contributed by atoms with Crippen molar-refractivity contribution < 1.29 is 9.59 Å². The molecule has 1 aliphatic heterocycles. The fraction of sp³-hybridized carbons (Fsp3) is 0.269. The number of allylic oxidation sites excluding steroid dienone is 2. The molecular weight excluding hydrogens is 372 g/mol. The lowest BCUT2D eigenvalue weighted by Gasteiger charge is -2.37. The van der Waals surface area contributed by atoms with Crippen LogP contribution in [0.5, 0.6) is 0 Å². The summed E-state index contributed by atoms with van der Waals surface area (Å²) in [7, 11) is 0. The predicted octanol–water partition coefficient (Wildman–Crippen LogP) is 4.38. The highest BCUT2D eigenvalue weighted by Gasteiger charge is 2.67. The number of fused-ring (bicyclic) bond motifs is 2. The monoisotopic (exact) mass is 392 g/mol. The Morgan fingerprint density at radius 1 is 0.800 bits per heavy atom. The minimum absolute atomic E-state index is 0.115. The molecule has 30 heavy (non-hydrogen) atoms. The average molecular weight is 392 g/mol. The third-order valence-electron chi connectivity index (χ3n) is 7.75. The SMILES string of the molecule is O=C1[C@@H]2[C@H]3C=C[C@@H]([C@@H]4C[C@H]34)[C@@H]2C(=O)N1N=Cc1c2ccccc2cc2ccccc12. The van der Waals surface area contributed by atoms with Crippen molar-refractivity contribution in [3.05, 3.63) is 72.3 Å². The first-order valence-electron chi connectivity index (χ1n) is 10.7. The van der Waals surface area contributed by atoms with Crippen molar-refractivity contribution in [2.75, 3.05) is 0 Å². The van der Waals surface area contributed by atoms with Crippen molar-refractivity contribution in [2.45, 2.75) is 6.42 Å². The summed E-state index contributed by atoms with van der Waals surface area (Å²) in [6.45, 7) is 0. The van der Waals surface area contributed by atoms with Gasteiger partial charge in [0, 0.05) is 5.56 Å². The van der Waals surface area contributed by atoms with Crippen LogP contribution in [0.3, 0.4) is 0 Å². The maximum Gasteiger partial charge on any atom is 0.254 e. The fourth-order valence-electron chi connectivity index (χ4n) is 6.36. The molecule has 3 aromatic carbocycles. The molecule has 0 spiro atoms. The molecule has 4 aliphatic carbocycles. The molecule has 0 radical (unpaired) electrons. The van der Waals surface area contributed by atoms with E-state index >= 15 is 0 Å². The summed E-state index contributed by atoms with van der Waals surface area (Å²) in [6.07, 6.45) is 7.27. The van der Waals surface area contributed by atoms with Crippen LogP contribution in [0, 0.1) is 35.5 Å². The highest BCUT2D eigenvalue weighted by Crippen LogP contribution is 2.65. The molecule has 5 aliphatic rings. The lowest BCUT2D eigenvalue weighted by molar-refractivity contribution is -0.140. The number of rotatable bonds is 2. The number of amides is 2. The third-order valence-corrected chi connectivity index (χ3v) is 7.75. The average Bonchev–Trinajstić information content (AvgIpc) is 3.56. The van der Waals surface area contributed by atoms with Crippen molar-refractivity contribution in [3.8, 4) is 0 Å². The third kappa shape index (κ3) is 2.03. The van der Waals surface area contributed by atoms with Crippen LogP contribution >= 0.6 is 0 Å². The Labute approximate surface area is 173 Å². The summed E-state index contributed by atoms with van der Waals surface area (Å²) >= 11 is 0. The number of imide groups is 1. The normalized spacial score (nSPS) is 33.7. The van der Waals surface area contributed by atoms with E-state index in [4.69, 9.17) is 0 Å². The molecule has 0 unspecified atom stereocenters. The van der Waals surface area contributed by atoms with Gasteiger partial charge < -0.3 is 0 Å². The van der Waals surface area contributed by atoms with Gasteiger partial charge in [-0.1, -0.05) is 60.7 Å². The Bertz CT molecular complexity index is 1230. The molecule has 0 aromatic heterocycles. The van der Waals surface area contributed by atoms with E-state index in [1.165, 1.54) is 11.4 Å². The summed E-state index contributed by atoms with van der Waals surface area (Å²) < 4.78 is 0. The van der Waals surface area contributed by atoms with Gasteiger partial charge >= 0.3 is 0 Å². The molecule has 4 nitrogen and oxygen atoms in total. The first-order chi connectivity index (χ1) is 14.7. The van der Waals surface area contributed by atoms with Gasteiger partial charge in [-0.3, -0.25) is 9.59 Å². The van der Waals surface area contributed by atoms with Gasteiger partial charge in [0.2, 0.25) is 0 Å². The molecular formula is C26H20N2O2. The van der Waals surface area contributed by atoms with E-state index in [0.29, 0.717) is 11.8 Å². The summed E-state index contributed by atoms with van der Waals surface area (Å²) in [4.78, 5) is 26.4. The Morgan fingerprint density at radius 3 is 1.90 bits per heavy atom. The second kappa shape index (κ2) is 5.66. The number of benzene rings is 3. The number of hydrazone groups is 1. The van der Waals surface area contributed by atoms with Crippen LogP contribution in [0.1, 0.15) is 12.0 Å². The smallest absolute Gasteiger partial charge is 0.254 e. The molecule has 3 fully saturated rings. The zero-order valence-corrected chi connectivity index (χ0v) is 16.3. The van der Waals surface area contributed by atoms with Crippen LogP contribution in [0.2, 0.25) is 0 Å². The molecule has 4 heteroatoms. The lowest BCUT2D eigenvalue weighted by atomic mass is 9.63. The maximum atomic E-state index is 13.2.